The van der Waals surface area contributed by atoms with Crippen LogP contribution >= 0.6 is 0 Å². The highest BCUT2D eigenvalue weighted by atomic mass is 16.6. The number of ether oxygens (including phenoxy) is 3. The monoisotopic (exact) mass is 699 g/mol. The Hall–Kier alpha value is -2.89. The van der Waals surface area contributed by atoms with Gasteiger partial charge in [0.25, 0.3) is 0 Å². The van der Waals surface area contributed by atoms with Crippen LogP contribution in [0.15, 0.2) is 60.8 Å². The normalized spacial score (nSPS) is 12.6. The number of rotatable bonds is 35. The lowest BCUT2D eigenvalue weighted by Gasteiger charge is -2.18. The molecule has 0 aliphatic heterocycles. The standard InChI is InChI=1S/C44H74O6/c1-4-7-10-13-16-19-20-21-22-23-26-28-31-34-37-43(46)49-40-41(50-44(47)38-35-32-29-25-18-15-12-9-6-3)39-48-42(45)36-33-30-27-24-17-14-11-8-5-2/h8-9,11-12,17-18,24-25,32,35,41H,4-7,10,13-16,19-23,26-31,33-34,36-40H2,1-3H3/b11-8-,12-9-,24-17-,25-18-,35-32-. The summed E-state index contributed by atoms with van der Waals surface area (Å²) >= 11 is 0. The second-order valence-electron chi connectivity index (χ2n) is 13.2. The zero-order chi connectivity index (χ0) is 36.6. The van der Waals surface area contributed by atoms with Crippen molar-refractivity contribution in [3.05, 3.63) is 60.8 Å². The predicted octanol–water partition coefficient (Wildman–Crippen LogP) is 12.6. The summed E-state index contributed by atoms with van der Waals surface area (Å²) in [5.74, 6) is -1.09. The van der Waals surface area contributed by atoms with Gasteiger partial charge < -0.3 is 14.2 Å². The molecule has 0 N–H and O–H groups in total. The SMILES string of the molecule is CC/C=C\C/C=C\C/C=C\CC(=O)OC(COC(=O)CCCC/C=C\C/C=C\CC)COC(=O)CCCCCCCCCCCCCCCC. The van der Waals surface area contributed by atoms with E-state index in [-0.39, 0.29) is 31.6 Å². The summed E-state index contributed by atoms with van der Waals surface area (Å²) < 4.78 is 16.4. The molecule has 0 spiro atoms. The second kappa shape index (κ2) is 38.9. The van der Waals surface area contributed by atoms with E-state index in [1.807, 2.05) is 6.08 Å². The molecule has 0 bridgehead atoms. The number of hydrogen-bond acceptors (Lipinski definition) is 6. The molecule has 0 rings (SSSR count). The maximum Gasteiger partial charge on any atom is 0.310 e. The van der Waals surface area contributed by atoms with Gasteiger partial charge in [0.05, 0.1) is 6.42 Å². The van der Waals surface area contributed by atoms with Crippen molar-refractivity contribution in [3.8, 4) is 0 Å². The van der Waals surface area contributed by atoms with Gasteiger partial charge in [-0.3, -0.25) is 14.4 Å². The van der Waals surface area contributed by atoms with E-state index in [4.69, 9.17) is 14.2 Å². The smallest absolute Gasteiger partial charge is 0.310 e. The minimum absolute atomic E-state index is 0.1000. The first-order valence-corrected chi connectivity index (χ1v) is 20.3. The zero-order valence-electron chi connectivity index (χ0n) is 32.4. The molecule has 0 aromatic heterocycles. The van der Waals surface area contributed by atoms with Crippen LogP contribution in [0, 0.1) is 0 Å². The lowest BCUT2D eigenvalue weighted by molar-refractivity contribution is -0.166. The Morgan fingerprint density at radius 3 is 1.32 bits per heavy atom. The number of hydrogen-bond donors (Lipinski definition) is 0. The van der Waals surface area contributed by atoms with Gasteiger partial charge in [0.15, 0.2) is 6.10 Å². The molecular weight excluding hydrogens is 624 g/mol. The van der Waals surface area contributed by atoms with E-state index in [2.05, 4.69) is 69.4 Å². The molecule has 0 heterocycles. The van der Waals surface area contributed by atoms with E-state index in [0.717, 1.165) is 70.6 Å². The summed E-state index contributed by atoms with van der Waals surface area (Å²) in [6.07, 6.45) is 45.4. The van der Waals surface area contributed by atoms with Crippen molar-refractivity contribution in [3.63, 3.8) is 0 Å². The molecule has 1 unspecified atom stereocenters. The molecule has 1 atom stereocenters. The van der Waals surface area contributed by atoms with Crippen molar-refractivity contribution >= 4 is 17.9 Å². The van der Waals surface area contributed by atoms with Gasteiger partial charge >= 0.3 is 17.9 Å². The summed E-state index contributed by atoms with van der Waals surface area (Å²) in [5.41, 5.74) is 0. The largest absolute Gasteiger partial charge is 0.462 e. The van der Waals surface area contributed by atoms with Crippen molar-refractivity contribution in [2.24, 2.45) is 0 Å². The molecule has 0 saturated heterocycles. The number of unbranched alkanes of at least 4 members (excludes halogenated alkanes) is 15. The third-order valence-electron chi connectivity index (χ3n) is 8.30. The average molecular weight is 699 g/mol. The van der Waals surface area contributed by atoms with Gasteiger partial charge in [0.1, 0.15) is 13.2 Å². The van der Waals surface area contributed by atoms with E-state index in [1.165, 1.54) is 70.6 Å². The van der Waals surface area contributed by atoms with E-state index < -0.39 is 12.1 Å². The van der Waals surface area contributed by atoms with E-state index in [0.29, 0.717) is 12.8 Å². The topological polar surface area (TPSA) is 78.9 Å². The fraction of sp³-hybridized carbons (Fsp3) is 0.705. The summed E-state index contributed by atoms with van der Waals surface area (Å²) in [5, 5.41) is 0. The highest BCUT2D eigenvalue weighted by Gasteiger charge is 2.19. The summed E-state index contributed by atoms with van der Waals surface area (Å²) in [6, 6.07) is 0. The van der Waals surface area contributed by atoms with Crippen LogP contribution in [0.25, 0.3) is 0 Å². The lowest BCUT2D eigenvalue weighted by Crippen LogP contribution is -2.30. The maximum absolute atomic E-state index is 12.5. The van der Waals surface area contributed by atoms with Crippen molar-refractivity contribution in [2.75, 3.05) is 13.2 Å². The third kappa shape index (κ3) is 36.4. The first kappa shape index (κ1) is 47.1. The predicted molar refractivity (Wildman–Crippen MR) is 210 cm³/mol. The number of carbonyl (C=O) groups is 3. The molecule has 0 radical (unpaired) electrons. The van der Waals surface area contributed by atoms with Crippen LogP contribution in [0.3, 0.4) is 0 Å². The summed E-state index contributed by atoms with van der Waals surface area (Å²) in [4.78, 5) is 37.4. The highest BCUT2D eigenvalue weighted by Crippen LogP contribution is 2.14. The molecular formula is C44H74O6. The minimum atomic E-state index is -0.829. The first-order valence-electron chi connectivity index (χ1n) is 20.3. The lowest BCUT2D eigenvalue weighted by atomic mass is 10.0. The molecule has 0 saturated carbocycles. The van der Waals surface area contributed by atoms with Crippen LogP contribution < -0.4 is 0 Å². The van der Waals surface area contributed by atoms with Crippen LogP contribution in [-0.4, -0.2) is 37.2 Å². The molecule has 0 aromatic rings. The van der Waals surface area contributed by atoms with Crippen molar-refractivity contribution in [1.29, 1.82) is 0 Å². The molecule has 0 aromatic carbocycles. The Bertz CT molecular complexity index is 944. The molecule has 50 heavy (non-hydrogen) atoms. The van der Waals surface area contributed by atoms with Crippen molar-refractivity contribution in [2.45, 2.75) is 187 Å². The quantitative estimate of drug-likeness (QED) is 0.0284. The number of allylic oxidation sites excluding steroid dienone is 9. The maximum atomic E-state index is 12.5. The van der Waals surface area contributed by atoms with Gasteiger partial charge in [0, 0.05) is 12.8 Å². The van der Waals surface area contributed by atoms with Gasteiger partial charge in [0.2, 0.25) is 0 Å². The Kier molecular flexibility index (Phi) is 36.7. The molecule has 0 aliphatic rings. The van der Waals surface area contributed by atoms with Gasteiger partial charge in [-0.05, 0) is 57.8 Å². The van der Waals surface area contributed by atoms with Gasteiger partial charge in [-0.2, -0.15) is 0 Å². The number of esters is 3. The van der Waals surface area contributed by atoms with Crippen LogP contribution in [-0.2, 0) is 28.6 Å². The highest BCUT2D eigenvalue weighted by molar-refractivity contribution is 5.72. The van der Waals surface area contributed by atoms with E-state index >= 15 is 0 Å². The second-order valence-corrected chi connectivity index (χ2v) is 13.2. The van der Waals surface area contributed by atoms with Crippen molar-refractivity contribution in [1.82, 2.24) is 0 Å². The van der Waals surface area contributed by atoms with Crippen LogP contribution in [0.2, 0.25) is 0 Å². The van der Waals surface area contributed by atoms with E-state index in [9.17, 15) is 14.4 Å². The summed E-state index contributed by atoms with van der Waals surface area (Å²) in [7, 11) is 0. The fourth-order valence-corrected chi connectivity index (χ4v) is 5.31. The Morgan fingerprint density at radius 1 is 0.440 bits per heavy atom. The Morgan fingerprint density at radius 2 is 0.840 bits per heavy atom. The molecule has 0 amide bonds. The van der Waals surface area contributed by atoms with Gasteiger partial charge in [-0.15, -0.1) is 0 Å². The van der Waals surface area contributed by atoms with Gasteiger partial charge in [-0.25, -0.2) is 0 Å². The van der Waals surface area contributed by atoms with Crippen LogP contribution in [0.5, 0.6) is 0 Å². The van der Waals surface area contributed by atoms with Crippen LogP contribution in [0.1, 0.15) is 181 Å². The molecule has 6 nitrogen and oxygen atoms in total. The Labute approximate surface area is 307 Å². The van der Waals surface area contributed by atoms with Gasteiger partial charge in [-0.1, -0.05) is 165 Å². The van der Waals surface area contributed by atoms with Crippen molar-refractivity contribution < 1.29 is 28.6 Å². The van der Waals surface area contributed by atoms with E-state index in [1.54, 1.807) is 6.08 Å². The third-order valence-corrected chi connectivity index (χ3v) is 8.30. The summed E-state index contributed by atoms with van der Waals surface area (Å²) in [6.45, 7) is 6.24. The average Bonchev–Trinajstić information content (AvgIpc) is 3.11. The van der Waals surface area contributed by atoms with Crippen LogP contribution in [0.4, 0.5) is 0 Å². The molecule has 6 heteroatoms. The molecule has 286 valence electrons. The fourth-order valence-electron chi connectivity index (χ4n) is 5.31. The zero-order valence-corrected chi connectivity index (χ0v) is 32.4. The molecule has 0 fully saturated rings. The molecule has 0 aliphatic carbocycles. The minimum Gasteiger partial charge on any atom is -0.462 e. The first-order chi connectivity index (χ1) is 24.5. The Balaban J connectivity index is 4.43. The number of carbonyl (C=O) groups excluding carboxylic acids is 3.